The molecule has 0 aliphatic carbocycles. The molecule has 0 aromatic heterocycles. The number of anilines is 1. The average molecular weight is 284 g/mol. The lowest BCUT2D eigenvalue weighted by atomic mass is 10.0. The molecule has 0 fully saturated rings. The number of para-hydroxylation sites is 1. The van der Waals surface area contributed by atoms with Crippen LogP contribution in [0.25, 0.3) is 0 Å². The fourth-order valence-electron chi connectivity index (χ4n) is 1.83. The molecule has 0 heterocycles. The molecule has 0 bridgehead atoms. The Morgan fingerprint density at radius 2 is 1.89 bits per heavy atom. The molecule has 19 heavy (non-hydrogen) atoms. The van der Waals surface area contributed by atoms with Crippen LogP contribution in [0, 0.1) is 5.92 Å². The molecule has 0 spiro atoms. The average Bonchev–Trinajstić information content (AvgIpc) is 2.38. The van der Waals surface area contributed by atoms with Crippen LogP contribution < -0.4 is 11.1 Å². The zero-order valence-corrected chi connectivity index (χ0v) is 12.7. The molecule has 5 heteroatoms. The van der Waals surface area contributed by atoms with Gasteiger partial charge in [0.2, 0.25) is 0 Å². The van der Waals surface area contributed by atoms with Gasteiger partial charge in [-0.15, -0.1) is 0 Å². The summed E-state index contributed by atoms with van der Waals surface area (Å²) < 4.78 is 24.4. The topological polar surface area (TPSA) is 72.2 Å². The Bertz CT molecular complexity index is 500. The maximum absolute atomic E-state index is 12.2. The summed E-state index contributed by atoms with van der Waals surface area (Å²) in [5.41, 5.74) is 6.31. The normalized spacial score (nSPS) is 14.9. The van der Waals surface area contributed by atoms with Crippen LogP contribution in [0.4, 0.5) is 5.69 Å². The van der Waals surface area contributed by atoms with Gasteiger partial charge < -0.3 is 11.1 Å². The van der Waals surface area contributed by atoms with Crippen molar-refractivity contribution in [3.63, 3.8) is 0 Å². The first kappa shape index (κ1) is 16.0. The van der Waals surface area contributed by atoms with E-state index in [4.69, 9.17) is 5.73 Å². The van der Waals surface area contributed by atoms with E-state index in [1.54, 1.807) is 12.1 Å². The van der Waals surface area contributed by atoms with E-state index < -0.39 is 9.84 Å². The fourth-order valence-corrected chi connectivity index (χ4v) is 3.33. The van der Waals surface area contributed by atoms with E-state index in [2.05, 4.69) is 5.32 Å². The molecular weight excluding hydrogens is 260 g/mol. The van der Waals surface area contributed by atoms with Gasteiger partial charge in [0.25, 0.3) is 0 Å². The third-order valence-electron chi connectivity index (χ3n) is 3.30. The number of hydrogen-bond donors (Lipinski definition) is 2. The minimum Gasteiger partial charge on any atom is -0.381 e. The van der Waals surface area contributed by atoms with Crippen molar-refractivity contribution in [3.8, 4) is 0 Å². The molecule has 2 atom stereocenters. The second kappa shape index (κ2) is 6.91. The van der Waals surface area contributed by atoms with Crippen LogP contribution in [-0.4, -0.2) is 26.8 Å². The number of nitrogens with two attached hydrogens (primary N) is 1. The lowest BCUT2D eigenvalue weighted by molar-refractivity contribution is 0.520. The Morgan fingerprint density at radius 3 is 2.47 bits per heavy atom. The molecule has 0 aliphatic rings. The predicted molar refractivity (Wildman–Crippen MR) is 80.1 cm³/mol. The summed E-state index contributed by atoms with van der Waals surface area (Å²) in [5.74, 6) is 0.453. The summed E-state index contributed by atoms with van der Waals surface area (Å²) in [7, 11) is -3.21. The molecule has 1 aromatic carbocycles. The molecule has 0 amide bonds. The summed E-state index contributed by atoms with van der Waals surface area (Å²) >= 11 is 0. The molecule has 0 saturated heterocycles. The first-order chi connectivity index (χ1) is 8.92. The van der Waals surface area contributed by atoms with Crippen LogP contribution in [0.2, 0.25) is 0 Å². The van der Waals surface area contributed by atoms with Crippen LogP contribution >= 0.6 is 0 Å². The van der Waals surface area contributed by atoms with Gasteiger partial charge in [-0.2, -0.15) is 0 Å². The van der Waals surface area contributed by atoms with Gasteiger partial charge in [-0.25, -0.2) is 8.42 Å². The van der Waals surface area contributed by atoms with E-state index in [9.17, 15) is 8.42 Å². The quantitative estimate of drug-likeness (QED) is 0.805. The third-order valence-corrected chi connectivity index (χ3v) is 5.28. The third kappa shape index (κ3) is 4.21. The highest BCUT2D eigenvalue weighted by Gasteiger charge is 2.19. The van der Waals surface area contributed by atoms with E-state index in [1.807, 2.05) is 32.9 Å². The van der Waals surface area contributed by atoms with Crippen LogP contribution in [0.3, 0.4) is 0 Å². The molecule has 0 radical (unpaired) electrons. The maximum atomic E-state index is 12.2. The van der Waals surface area contributed by atoms with Crippen molar-refractivity contribution in [1.29, 1.82) is 0 Å². The van der Waals surface area contributed by atoms with Gasteiger partial charge in [0.1, 0.15) is 0 Å². The van der Waals surface area contributed by atoms with Crippen molar-refractivity contribution in [2.24, 2.45) is 11.7 Å². The summed E-state index contributed by atoms with van der Waals surface area (Å²) in [5, 5.41) is 3.27. The lowest BCUT2D eigenvalue weighted by Gasteiger charge is -2.22. The van der Waals surface area contributed by atoms with Crippen molar-refractivity contribution in [2.75, 3.05) is 17.6 Å². The van der Waals surface area contributed by atoms with Crippen molar-refractivity contribution >= 4 is 15.5 Å². The van der Waals surface area contributed by atoms with Gasteiger partial charge in [-0.05, 0) is 37.9 Å². The molecule has 0 aliphatic heterocycles. The largest absolute Gasteiger partial charge is 0.381 e. The van der Waals surface area contributed by atoms with E-state index in [-0.39, 0.29) is 17.7 Å². The maximum Gasteiger partial charge on any atom is 0.180 e. The Hall–Kier alpha value is -1.07. The van der Waals surface area contributed by atoms with Crippen LogP contribution in [-0.2, 0) is 9.84 Å². The molecule has 2 unspecified atom stereocenters. The monoisotopic (exact) mass is 284 g/mol. The van der Waals surface area contributed by atoms with E-state index in [0.717, 1.165) is 0 Å². The van der Waals surface area contributed by atoms with Crippen molar-refractivity contribution in [1.82, 2.24) is 0 Å². The predicted octanol–water partition coefficient (Wildman–Crippen LogP) is 2.27. The number of hydrogen-bond acceptors (Lipinski definition) is 4. The zero-order valence-electron chi connectivity index (χ0n) is 11.9. The van der Waals surface area contributed by atoms with Gasteiger partial charge in [0.15, 0.2) is 9.84 Å². The number of benzene rings is 1. The fraction of sp³-hybridized carbons (Fsp3) is 0.571. The molecule has 4 nitrogen and oxygen atoms in total. The van der Waals surface area contributed by atoms with Gasteiger partial charge in [0.05, 0.1) is 16.3 Å². The highest BCUT2D eigenvalue weighted by atomic mass is 32.2. The van der Waals surface area contributed by atoms with Crippen molar-refractivity contribution < 1.29 is 8.42 Å². The Labute approximate surface area is 116 Å². The van der Waals surface area contributed by atoms with Gasteiger partial charge >= 0.3 is 0 Å². The molecule has 3 N–H and O–H groups in total. The van der Waals surface area contributed by atoms with Gasteiger partial charge in [0, 0.05) is 6.04 Å². The second-order valence-electron chi connectivity index (χ2n) is 4.96. The van der Waals surface area contributed by atoms with E-state index >= 15 is 0 Å². The first-order valence-corrected chi connectivity index (χ1v) is 8.36. The molecule has 1 aromatic rings. The molecule has 0 saturated carbocycles. The SMILES string of the molecule is CCCS(=O)(=O)c1ccccc1NC(C)C(C)CN. The summed E-state index contributed by atoms with van der Waals surface area (Å²) in [4.78, 5) is 0.382. The second-order valence-corrected chi connectivity index (χ2v) is 7.04. The first-order valence-electron chi connectivity index (χ1n) is 6.70. The highest BCUT2D eigenvalue weighted by Crippen LogP contribution is 2.24. The zero-order chi connectivity index (χ0) is 14.5. The van der Waals surface area contributed by atoms with Gasteiger partial charge in [-0.3, -0.25) is 0 Å². The van der Waals surface area contributed by atoms with Gasteiger partial charge in [-0.1, -0.05) is 26.0 Å². The Morgan fingerprint density at radius 1 is 1.26 bits per heavy atom. The Balaban J connectivity index is 3.03. The minimum absolute atomic E-state index is 0.128. The number of rotatable bonds is 7. The molecule has 108 valence electrons. The van der Waals surface area contributed by atoms with E-state index in [0.29, 0.717) is 23.5 Å². The van der Waals surface area contributed by atoms with Crippen molar-refractivity contribution in [2.45, 2.75) is 38.1 Å². The Kier molecular flexibility index (Phi) is 5.82. The number of nitrogens with one attached hydrogen (secondary N) is 1. The van der Waals surface area contributed by atoms with Crippen LogP contribution in [0.5, 0.6) is 0 Å². The van der Waals surface area contributed by atoms with Crippen LogP contribution in [0.15, 0.2) is 29.2 Å². The molecule has 1 rings (SSSR count). The smallest absolute Gasteiger partial charge is 0.180 e. The van der Waals surface area contributed by atoms with E-state index in [1.165, 1.54) is 0 Å². The summed E-state index contributed by atoms with van der Waals surface area (Å²) in [6.07, 6.45) is 0.616. The van der Waals surface area contributed by atoms with Crippen LogP contribution in [0.1, 0.15) is 27.2 Å². The molecular formula is C14H24N2O2S. The van der Waals surface area contributed by atoms with Crippen molar-refractivity contribution in [3.05, 3.63) is 24.3 Å². The lowest BCUT2D eigenvalue weighted by Crippen LogP contribution is -2.30. The summed E-state index contributed by atoms with van der Waals surface area (Å²) in [6.45, 7) is 6.49. The highest BCUT2D eigenvalue weighted by molar-refractivity contribution is 7.91. The number of sulfone groups is 1. The summed E-state index contributed by atoms with van der Waals surface area (Å²) in [6, 6.07) is 7.19. The minimum atomic E-state index is -3.21. The standard InChI is InChI=1S/C14H24N2O2S/c1-4-9-19(17,18)14-8-6-5-7-13(14)16-12(3)11(2)10-15/h5-8,11-12,16H,4,9-10,15H2,1-3H3.